The van der Waals surface area contributed by atoms with Gasteiger partial charge in [0.25, 0.3) is 5.91 Å². The molecule has 0 aliphatic heterocycles. The molecule has 0 fully saturated rings. The average Bonchev–Trinajstić information content (AvgIpc) is 2.91. The molecule has 42 heavy (non-hydrogen) atoms. The van der Waals surface area contributed by atoms with Crippen molar-refractivity contribution in [2.45, 2.75) is 98.3 Å². The average molecular weight is 594 g/mol. The third-order valence-electron chi connectivity index (χ3n) is 6.92. The Bertz CT molecular complexity index is 948. The highest BCUT2D eigenvalue weighted by Gasteiger charge is 2.31. The van der Waals surface area contributed by atoms with Crippen molar-refractivity contribution in [1.82, 2.24) is 16.0 Å². The van der Waals surface area contributed by atoms with Gasteiger partial charge in [-0.25, -0.2) is 4.79 Å². The Morgan fingerprint density at radius 1 is 1.00 bits per heavy atom. The largest absolute Gasteiger partial charge is 0.493 e. The van der Waals surface area contributed by atoms with Crippen molar-refractivity contribution in [3.05, 3.63) is 29.8 Å². The fraction of sp³-hybridized carbons (Fsp3) is 0.719. The molecule has 1 rings (SSSR count). The third-order valence-corrected chi connectivity index (χ3v) is 6.92. The first-order valence-electron chi connectivity index (χ1n) is 15.2. The van der Waals surface area contributed by atoms with Crippen molar-refractivity contribution in [2.75, 3.05) is 33.4 Å². The zero-order chi connectivity index (χ0) is 31.7. The molecule has 4 unspecified atom stereocenters. The van der Waals surface area contributed by atoms with Crippen LogP contribution >= 0.6 is 0 Å². The van der Waals surface area contributed by atoms with Crippen LogP contribution in [0.15, 0.2) is 24.3 Å². The molecule has 4 N–H and O–H groups in total. The maximum atomic E-state index is 13.0. The number of rotatable bonds is 19. The lowest BCUT2D eigenvalue weighted by molar-refractivity contribution is -0.125. The van der Waals surface area contributed by atoms with Gasteiger partial charge in [-0.15, -0.1) is 0 Å². The molecule has 0 aromatic heterocycles. The molecule has 0 bridgehead atoms. The van der Waals surface area contributed by atoms with Crippen molar-refractivity contribution in [2.24, 2.45) is 17.8 Å². The monoisotopic (exact) mass is 593 g/mol. The second-order valence-corrected chi connectivity index (χ2v) is 12.3. The minimum atomic E-state index is -0.992. The van der Waals surface area contributed by atoms with Gasteiger partial charge < -0.3 is 35.3 Å². The van der Waals surface area contributed by atoms with Crippen LogP contribution in [-0.4, -0.2) is 74.2 Å². The van der Waals surface area contributed by atoms with E-state index >= 15 is 0 Å². The second kappa shape index (κ2) is 19.4. The number of carbonyl (C=O) groups excluding carboxylic acids is 3. The molecule has 10 heteroatoms. The Kier molecular flexibility index (Phi) is 17.1. The number of hydrogen-bond donors (Lipinski definition) is 4. The Balaban J connectivity index is 2.93. The van der Waals surface area contributed by atoms with Crippen molar-refractivity contribution in [1.29, 1.82) is 0 Å². The molecule has 0 aliphatic rings. The van der Waals surface area contributed by atoms with E-state index in [1.165, 1.54) is 0 Å². The number of ether oxygens (including phenoxy) is 3. The Morgan fingerprint density at radius 2 is 1.71 bits per heavy atom. The van der Waals surface area contributed by atoms with Crippen LogP contribution in [0.25, 0.3) is 0 Å². The van der Waals surface area contributed by atoms with Gasteiger partial charge in [-0.05, 0) is 70.1 Å². The van der Waals surface area contributed by atoms with Gasteiger partial charge in [0.1, 0.15) is 11.4 Å². The molecule has 1 aromatic rings. The van der Waals surface area contributed by atoms with E-state index in [1.54, 1.807) is 59.1 Å². The minimum absolute atomic E-state index is 0.0781. The van der Waals surface area contributed by atoms with Crippen LogP contribution in [0.3, 0.4) is 0 Å². The van der Waals surface area contributed by atoms with Gasteiger partial charge in [0.15, 0.2) is 0 Å². The summed E-state index contributed by atoms with van der Waals surface area (Å²) in [5.74, 6) is -0.150. The molecule has 3 amide bonds. The summed E-state index contributed by atoms with van der Waals surface area (Å²) in [5.41, 5.74) is -0.229. The van der Waals surface area contributed by atoms with Gasteiger partial charge in [-0.3, -0.25) is 9.59 Å². The van der Waals surface area contributed by atoms with E-state index in [-0.39, 0.29) is 30.1 Å². The summed E-state index contributed by atoms with van der Waals surface area (Å²) in [7, 11) is 1.64. The maximum Gasteiger partial charge on any atom is 0.407 e. The third kappa shape index (κ3) is 15.4. The standard InChI is InChI=1S/C32H55N3O7/c1-9-10-15-33-29(37)23(4)18-28(36)27(35-31(39)42-32(5,6)7)20-25(22(2)3)21-34-30(38)24-13-11-14-26(19-24)41-17-12-16-40-8/h11,13-14,19,22-23,25,27-28,36H,9-10,12,15-18,20-21H2,1-8H3,(H,33,37)(H,34,38)(H,35,39). The van der Waals surface area contributed by atoms with Crippen molar-refractivity contribution < 1.29 is 33.7 Å². The van der Waals surface area contributed by atoms with E-state index in [0.717, 1.165) is 19.3 Å². The number of hydrogen-bond acceptors (Lipinski definition) is 7. The van der Waals surface area contributed by atoms with Crippen LogP contribution in [0.2, 0.25) is 0 Å². The van der Waals surface area contributed by atoms with Crippen molar-refractivity contribution in [3.63, 3.8) is 0 Å². The first kappa shape index (κ1) is 37.2. The highest BCUT2D eigenvalue weighted by Crippen LogP contribution is 2.22. The van der Waals surface area contributed by atoms with Crippen LogP contribution in [0.5, 0.6) is 5.75 Å². The van der Waals surface area contributed by atoms with Crippen molar-refractivity contribution in [3.8, 4) is 5.75 Å². The smallest absolute Gasteiger partial charge is 0.407 e. The highest BCUT2D eigenvalue weighted by molar-refractivity contribution is 5.94. The topological polar surface area (TPSA) is 135 Å². The van der Waals surface area contributed by atoms with E-state index in [9.17, 15) is 19.5 Å². The van der Waals surface area contributed by atoms with E-state index in [1.807, 2.05) is 13.8 Å². The number of unbranched alkanes of at least 4 members (excludes halogenated alkanes) is 1. The predicted octanol–water partition coefficient (Wildman–Crippen LogP) is 4.69. The van der Waals surface area contributed by atoms with Crippen molar-refractivity contribution >= 4 is 17.9 Å². The molecule has 0 saturated carbocycles. The Labute approximate surface area is 252 Å². The summed E-state index contributed by atoms with van der Waals surface area (Å²) in [4.78, 5) is 38.3. The zero-order valence-corrected chi connectivity index (χ0v) is 27.0. The lowest BCUT2D eigenvalue weighted by Crippen LogP contribution is -2.49. The molecular formula is C32H55N3O7. The number of aliphatic hydroxyl groups is 1. The fourth-order valence-corrected chi connectivity index (χ4v) is 4.33. The highest BCUT2D eigenvalue weighted by atomic mass is 16.6. The lowest BCUT2D eigenvalue weighted by atomic mass is 9.85. The number of benzene rings is 1. The first-order valence-corrected chi connectivity index (χ1v) is 15.2. The summed E-state index contributed by atoms with van der Waals surface area (Å²) in [5, 5.41) is 19.9. The minimum Gasteiger partial charge on any atom is -0.493 e. The summed E-state index contributed by atoms with van der Waals surface area (Å²) >= 11 is 0. The molecule has 0 aliphatic carbocycles. The van der Waals surface area contributed by atoms with Crippen LogP contribution in [-0.2, 0) is 14.3 Å². The Morgan fingerprint density at radius 3 is 2.33 bits per heavy atom. The van der Waals surface area contributed by atoms with Gasteiger partial charge >= 0.3 is 6.09 Å². The summed E-state index contributed by atoms with van der Waals surface area (Å²) in [6.07, 6.45) is 1.53. The van der Waals surface area contributed by atoms with E-state index in [2.05, 4.69) is 22.9 Å². The Hall–Kier alpha value is -2.85. The van der Waals surface area contributed by atoms with Gasteiger partial charge in [-0.1, -0.05) is 40.2 Å². The van der Waals surface area contributed by atoms with Crippen LogP contribution in [0, 0.1) is 17.8 Å². The summed E-state index contributed by atoms with van der Waals surface area (Å²) < 4.78 is 16.2. The maximum absolute atomic E-state index is 13.0. The fourth-order valence-electron chi connectivity index (χ4n) is 4.33. The SMILES string of the molecule is CCCCNC(=O)C(C)CC(O)C(CC(CNC(=O)c1cccc(OCCCOC)c1)C(C)C)NC(=O)OC(C)(C)C. The summed E-state index contributed by atoms with van der Waals surface area (Å²) in [6, 6.07) is 6.33. The van der Waals surface area contributed by atoms with Crippen LogP contribution in [0.1, 0.15) is 90.9 Å². The predicted molar refractivity (Wildman–Crippen MR) is 165 cm³/mol. The van der Waals surface area contributed by atoms with Gasteiger partial charge in [0, 0.05) is 44.7 Å². The lowest BCUT2D eigenvalue weighted by Gasteiger charge is -2.32. The second-order valence-electron chi connectivity index (χ2n) is 12.3. The molecule has 10 nitrogen and oxygen atoms in total. The number of methoxy groups -OCH3 is 1. The normalized spacial score (nSPS) is 14.4. The molecule has 0 heterocycles. The molecule has 0 spiro atoms. The quantitative estimate of drug-likeness (QED) is 0.171. The number of amides is 3. The van der Waals surface area contributed by atoms with E-state index in [0.29, 0.717) is 44.0 Å². The molecular weight excluding hydrogens is 538 g/mol. The zero-order valence-electron chi connectivity index (χ0n) is 27.0. The molecule has 1 aromatic carbocycles. The van der Waals surface area contributed by atoms with Gasteiger partial charge in [0.05, 0.1) is 18.8 Å². The molecule has 240 valence electrons. The summed E-state index contributed by atoms with van der Waals surface area (Å²) in [6.45, 7) is 15.2. The van der Waals surface area contributed by atoms with E-state index < -0.39 is 29.8 Å². The van der Waals surface area contributed by atoms with E-state index in [4.69, 9.17) is 14.2 Å². The van der Waals surface area contributed by atoms with Gasteiger partial charge in [-0.2, -0.15) is 0 Å². The number of nitrogens with one attached hydrogen (secondary N) is 3. The molecule has 4 atom stereocenters. The number of alkyl carbamates (subject to hydrolysis) is 1. The molecule has 0 saturated heterocycles. The number of carbonyl (C=O) groups is 3. The number of aliphatic hydroxyl groups excluding tert-OH is 1. The van der Waals surface area contributed by atoms with Crippen LogP contribution < -0.4 is 20.7 Å². The molecule has 0 radical (unpaired) electrons. The first-order chi connectivity index (χ1) is 19.8. The van der Waals surface area contributed by atoms with Crippen LogP contribution in [0.4, 0.5) is 4.79 Å². The van der Waals surface area contributed by atoms with Gasteiger partial charge in [0.2, 0.25) is 5.91 Å².